The molecule has 0 saturated heterocycles. The lowest BCUT2D eigenvalue weighted by molar-refractivity contribution is -0.153. The molecule has 4 aliphatic rings. The van der Waals surface area contributed by atoms with Crippen molar-refractivity contribution in [3.8, 4) is 0 Å². The highest BCUT2D eigenvalue weighted by Crippen LogP contribution is 2.68. The molecule has 0 aromatic rings. The molecule has 0 N–H and O–H groups in total. The molecule has 4 aliphatic carbocycles. The van der Waals surface area contributed by atoms with Gasteiger partial charge in [-0.15, -0.1) is 0 Å². The van der Waals surface area contributed by atoms with E-state index >= 15 is 0 Å². The Morgan fingerprint density at radius 3 is 2.27 bits per heavy atom. The Morgan fingerprint density at radius 2 is 1.65 bits per heavy atom. The molecule has 37 heavy (non-hydrogen) atoms. The van der Waals surface area contributed by atoms with Crippen molar-refractivity contribution in [3.05, 3.63) is 0 Å². The summed E-state index contributed by atoms with van der Waals surface area (Å²) in [6, 6.07) is 0. The van der Waals surface area contributed by atoms with Gasteiger partial charge in [-0.3, -0.25) is 0 Å². The highest BCUT2D eigenvalue weighted by Gasteiger charge is 2.64. The summed E-state index contributed by atoms with van der Waals surface area (Å²) < 4.78 is 13.6. The summed E-state index contributed by atoms with van der Waals surface area (Å²) in [7, 11) is -0.0237. The van der Waals surface area contributed by atoms with Gasteiger partial charge in [0.25, 0.3) is 0 Å². The number of hydrogen-bond acceptors (Lipinski definition) is 6. The second-order valence-corrected chi connectivity index (χ2v) is 23.9. The van der Waals surface area contributed by atoms with Gasteiger partial charge in [0.15, 0.2) is 16.6 Å². The molecule has 4 rings (SSSR count). The molecule has 8 atom stereocenters. The summed E-state index contributed by atoms with van der Waals surface area (Å²) in [4.78, 5) is 10.6. The van der Waals surface area contributed by atoms with Gasteiger partial charge in [-0.1, -0.05) is 24.2 Å². The highest BCUT2D eigenvalue weighted by atomic mass is 28.4. The van der Waals surface area contributed by atoms with Gasteiger partial charge in [0.05, 0.1) is 18.0 Å². The zero-order valence-electron chi connectivity index (χ0n) is 25.4. The topological polar surface area (TPSA) is 61.6 Å². The third-order valence-electron chi connectivity index (χ3n) is 10.4. The summed E-state index contributed by atoms with van der Waals surface area (Å²) in [6.45, 7) is 19.6. The molecule has 0 radical (unpaired) electrons. The maximum atomic E-state index is 7.20. The van der Waals surface area contributed by atoms with Crippen molar-refractivity contribution in [2.45, 2.75) is 111 Å². The normalized spacial score (nSPS) is 41.7. The molecule has 212 valence electrons. The first-order valence-corrected chi connectivity index (χ1v) is 21.5. The van der Waals surface area contributed by atoms with E-state index in [1.807, 2.05) is 0 Å². The van der Waals surface area contributed by atoms with Crippen molar-refractivity contribution < 1.29 is 18.5 Å². The predicted octanol–water partition coefficient (Wildman–Crippen LogP) is 7.33. The first kappa shape index (κ1) is 29.3. The molecule has 0 aromatic heterocycles. The summed E-state index contributed by atoms with van der Waals surface area (Å²) in [5, 5.41) is 9.00. The molecule has 0 unspecified atom stereocenters. The third kappa shape index (κ3) is 5.92. The van der Waals surface area contributed by atoms with E-state index in [-0.39, 0.29) is 5.41 Å². The van der Waals surface area contributed by atoms with Crippen molar-refractivity contribution in [2.24, 2.45) is 50.7 Å². The third-order valence-corrected chi connectivity index (χ3v) is 12.4. The smallest absolute Gasteiger partial charge is 0.184 e. The van der Waals surface area contributed by atoms with Gasteiger partial charge in [0, 0.05) is 12.0 Å². The average molecular weight is 551 g/mol. The largest absolute Gasteiger partial charge is 0.414 e. The van der Waals surface area contributed by atoms with Crippen molar-refractivity contribution in [1.82, 2.24) is 0 Å². The van der Waals surface area contributed by atoms with Crippen molar-refractivity contribution >= 4 is 28.1 Å². The van der Waals surface area contributed by atoms with Crippen LogP contribution in [0.5, 0.6) is 0 Å². The monoisotopic (exact) mass is 550 g/mol. The van der Waals surface area contributed by atoms with Crippen LogP contribution in [0.2, 0.25) is 39.3 Å². The fraction of sp³-hybridized carbons (Fsp3) is 0.931. The van der Waals surface area contributed by atoms with Crippen LogP contribution < -0.4 is 0 Å². The van der Waals surface area contributed by atoms with Crippen molar-refractivity contribution in [2.75, 3.05) is 20.8 Å². The average Bonchev–Trinajstić information content (AvgIpc) is 3.11. The predicted molar refractivity (Wildman–Crippen MR) is 157 cm³/mol. The molecule has 6 nitrogen and oxygen atoms in total. The standard InChI is InChI=1S/C29H54N2O4Si2/c1-28-16-15-21(30-32-3)17-20(28)11-12-22-23-13-14-24(25(31-33-4)19-34-36(5,6)7)29(23,2)18-26(27(22)28)35-37(8,9)10/h20,22-24,26-27H,11-19H2,1-10H3/b30-21-,31-25-/t20-,22-,23-,24+,26-,27+,28-,29-/m0/s1. The van der Waals surface area contributed by atoms with Gasteiger partial charge < -0.3 is 18.5 Å². The van der Waals surface area contributed by atoms with Gasteiger partial charge in [-0.05, 0) is 125 Å². The van der Waals surface area contributed by atoms with E-state index < -0.39 is 16.6 Å². The second kappa shape index (κ2) is 10.7. The van der Waals surface area contributed by atoms with Gasteiger partial charge in [-0.2, -0.15) is 0 Å². The van der Waals surface area contributed by atoms with E-state index in [4.69, 9.17) is 18.5 Å². The number of rotatable bonds is 8. The minimum Gasteiger partial charge on any atom is -0.414 e. The Kier molecular flexibility index (Phi) is 8.46. The Hall–Kier alpha value is -0.706. The minimum absolute atomic E-state index is 0.173. The lowest BCUT2D eigenvalue weighted by atomic mass is 9.44. The zero-order chi connectivity index (χ0) is 27.2. The van der Waals surface area contributed by atoms with Gasteiger partial charge in [0.1, 0.15) is 14.2 Å². The van der Waals surface area contributed by atoms with Crippen LogP contribution in [0.4, 0.5) is 0 Å². The summed E-state index contributed by atoms with van der Waals surface area (Å²) in [5.74, 6) is 3.14. The Labute approximate surface area is 228 Å². The summed E-state index contributed by atoms with van der Waals surface area (Å²) >= 11 is 0. The van der Waals surface area contributed by atoms with Crippen LogP contribution in [0.3, 0.4) is 0 Å². The quantitative estimate of drug-likeness (QED) is 0.180. The minimum atomic E-state index is -1.74. The first-order valence-electron chi connectivity index (χ1n) is 14.7. The van der Waals surface area contributed by atoms with E-state index in [1.165, 1.54) is 37.8 Å². The Bertz CT molecular complexity index is 882. The van der Waals surface area contributed by atoms with Crippen LogP contribution >= 0.6 is 0 Å². The van der Waals surface area contributed by atoms with Gasteiger partial charge in [-0.25, -0.2) is 0 Å². The van der Waals surface area contributed by atoms with Crippen LogP contribution in [-0.4, -0.2) is 55.0 Å². The van der Waals surface area contributed by atoms with E-state index in [2.05, 4.69) is 63.4 Å². The van der Waals surface area contributed by atoms with E-state index in [0.717, 1.165) is 25.0 Å². The summed E-state index contributed by atoms with van der Waals surface area (Å²) in [5.41, 5.74) is 2.87. The van der Waals surface area contributed by atoms with Crippen LogP contribution in [-0.2, 0) is 18.5 Å². The van der Waals surface area contributed by atoms with E-state index in [0.29, 0.717) is 47.7 Å². The van der Waals surface area contributed by atoms with E-state index in [9.17, 15) is 0 Å². The first-order chi connectivity index (χ1) is 17.2. The zero-order valence-corrected chi connectivity index (χ0v) is 27.4. The number of fused-ring (bicyclic) bond motifs is 5. The number of oxime groups is 2. The second-order valence-electron chi connectivity index (χ2n) is 14.9. The lowest BCUT2D eigenvalue weighted by Crippen LogP contribution is -2.61. The maximum absolute atomic E-state index is 7.20. The van der Waals surface area contributed by atoms with Crippen molar-refractivity contribution in [1.29, 1.82) is 0 Å². The molecule has 4 fully saturated rings. The Morgan fingerprint density at radius 1 is 0.919 bits per heavy atom. The maximum Gasteiger partial charge on any atom is 0.184 e. The molecule has 0 amide bonds. The van der Waals surface area contributed by atoms with Crippen LogP contribution in [0.25, 0.3) is 0 Å². The molecule has 0 bridgehead atoms. The highest BCUT2D eigenvalue weighted by molar-refractivity contribution is 6.70. The molecule has 0 heterocycles. The number of hydrogen-bond donors (Lipinski definition) is 0. The van der Waals surface area contributed by atoms with Crippen LogP contribution in [0, 0.1) is 40.4 Å². The van der Waals surface area contributed by atoms with Crippen LogP contribution in [0.1, 0.15) is 65.2 Å². The Balaban J connectivity index is 1.68. The molecule has 4 saturated carbocycles. The van der Waals surface area contributed by atoms with Gasteiger partial charge >= 0.3 is 0 Å². The fourth-order valence-electron chi connectivity index (χ4n) is 9.07. The molecule has 8 heteroatoms. The molecule has 0 spiro atoms. The molecule has 0 aromatic carbocycles. The van der Waals surface area contributed by atoms with Gasteiger partial charge in [0.2, 0.25) is 0 Å². The SMILES string of the molecule is CO/N=C1/CC[C@@]2(C)[C@@H](CC[C@@H]3[C@@H]2[C@@H](O[Si](C)(C)C)C[C@]2(C)[C@@H](/C(CO[Si](C)(C)C)=N\OC)CC[C@@H]32)C1. The molecular formula is C29H54N2O4Si2. The number of nitrogens with zero attached hydrogens (tertiary/aromatic N) is 2. The van der Waals surface area contributed by atoms with Crippen LogP contribution in [0.15, 0.2) is 10.3 Å². The molecule has 0 aliphatic heterocycles. The fourth-order valence-corrected chi connectivity index (χ4v) is 10.8. The van der Waals surface area contributed by atoms with Crippen molar-refractivity contribution in [3.63, 3.8) is 0 Å². The lowest BCUT2D eigenvalue weighted by Gasteiger charge is -2.63. The summed E-state index contributed by atoms with van der Waals surface area (Å²) in [6.07, 6.45) is 9.89. The van der Waals surface area contributed by atoms with E-state index in [1.54, 1.807) is 14.2 Å². The molecular weight excluding hydrogens is 497 g/mol.